The zero-order chi connectivity index (χ0) is 22.5. The van der Waals surface area contributed by atoms with Gasteiger partial charge in [0.15, 0.2) is 0 Å². The first-order valence-electron chi connectivity index (χ1n) is 11.2. The summed E-state index contributed by atoms with van der Waals surface area (Å²) >= 11 is 6.84. The summed E-state index contributed by atoms with van der Waals surface area (Å²) in [4.78, 5) is 28.7. The van der Waals surface area contributed by atoms with E-state index < -0.39 is 5.41 Å². The van der Waals surface area contributed by atoms with Crippen LogP contribution in [0.4, 0.5) is 11.4 Å². The highest BCUT2D eigenvalue weighted by Gasteiger charge is 2.51. The van der Waals surface area contributed by atoms with Crippen molar-refractivity contribution in [2.75, 3.05) is 30.4 Å². The molecule has 3 aliphatic rings. The van der Waals surface area contributed by atoms with Crippen molar-refractivity contribution in [3.63, 3.8) is 0 Å². The fraction of sp³-hybridized carbons (Fsp3) is 0.440. The van der Waals surface area contributed by atoms with E-state index in [4.69, 9.17) is 16.3 Å². The molecular formula is C25H28ClN3O3. The molecule has 0 saturated carbocycles. The number of alkyl halides is 1. The van der Waals surface area contributed by atoms with Gasteiger partial charge in [0.2, 0.25) is 11.8 Å². The van der Waals surface area contributed by atoms with Crippen LogP contribution < -0.4 is 15.0 Å². The van der Waals surface area contributed by atoms with Gasteiger partial charge in [0.1, 0.15) is 12.4 Å². The number of halogens is 1. The molecule has 0 radical (unpaired) electrons. The second-order valence-corrected chi connectivity index (χ2v) is 9.62. The third-order valence-corrected chi connectivity index (χ3v) is 7.66. The number of para-hydroxylation sites is 1. The number of piperidine rings is 1. The standard InChI is InChI=1S/C25H28ClN3O3/c1-16(15-32-18-8-9-21-17(13-18)7-10-23(30)28(21)2)29-12-11-25(14-22(29)26)19-5-3-4-6-20(19)27-24(25)31/h3-6,8-9,13,16,22H,7,10-12,14-15H2,1-2H3,(H,27,31)/t16-,22?,25?/m1/s1. The number of anilines is 2. The molecule has 0 bridgehead atoms. The highest BCUT2D eigenvalue weighted by atomic mass is 35.5. The number of likely N-dealkylation sites (tertiary alicyclic amines) is 1. The number of amides is 2. The molecule has 7 heteroatoms. The van der Waals surface area contributed by atoms with Crippen molar-refractivity contribution in [1.82, 2.24) is 4.90 Å². The van der Waals surface area contributed by atoms with Crippen LogP contribution in [0.15, 0.2) is 42.5 Å². The third kappa shape index (κ3) is 3.46. The fourth-order valence-corrected chi connectivity index (χ4v) is 5.88. The summed E-state index contributed by atoms with van der Waals surface area (Å²) in [5.41, 5.74) is 3.28. The number of carbonyl (C=O) groups is 2. The van der Waals surface area contributed by atoms with Crippen LogP contribution >= 0.6 is 11.6 Å². The van der Waals surface area contributed by atoms with Crippen LogP contribution in [0, 0.1) is 0 Å². The maximum Gasteiger partial charge on any atom is 0.235 e. The molecule has 2 unspecified atom stereocenters. The molecule has 3 aliphatic heterocycles. The number of hydrogen-bond donors (Lipinski definition) is 1. The lowest BCUT2D eigenvalue weighted by molar-refractivity contribution is -0.123. The number of fused-ring (bicyclic) bond motifs is 3. The average molecular weight is 454 g/mol. The Morgan fingerprint density at radius 3 is 2.84 bits per heavy atom. The average Bonchev–Trinajstić information content (AvgIpc) is 3.05. The topological polar surface area (TPSA) is 61.9 Å². The van der Waals surface area contributed by atoms with Crippen molar-refractivity contribution in [1.29, 1.82) is 0 Å². The number of ether oxygens (including phenoxy) is 1. The second-order valence-electron chi connectivity index (χ2n) is 9.11. The smallest absolute Gasteiger partial charge is 0.235 e. The van der Waals surface area contributed by atoms with Gasteiger partial charge in [-0.05, 0) is 61.6 Å². The van der Waals surface area contributed by atoms with Gasteiger partial charge in [-0.3, -0.25) is 14.5 Å². The summed E-state index contributed by atoms with van der Waals surface area (Å²) in [5, 5.41) is 3.03. The van der Waals surface area contributed by atoms with E-state index in [1.165, 1.54) is 0 Å². The van der Waals surface area contributed by atoms with Gasteiger partial charge >= 0.3 is 0 Å². The molecule has 1 fully saturated rings. The zero-order valence-electron chi connectivity index (χ0n) is 18.4. The highest BCUT2D eigenvalue weighted by molar-refractivity contribution is 6.21. The van der Waals surface area contributed by atoms with E-state index in [0.29, 0.717) is 19.4 Å². The van der Waals surface area contributed by atoms with E-state index in [1.54, 1.807) is 4.90 Å². The van der Waals surface area contributed by atoms with E-state index in [1.807, 2.05) is 49.5 Å². The Hall–Kier alpha value is -2.57. The second kappa shape index (κ2) is 8.09. The van der Waals surface area contributed by atoms with Crippen LogP contribution in [0.3, 0.4) is 0 Å². The Morgan fingerprint density at radius 2 is 2.03 bits per heavy atom. The first-order valence-corrected chi connectivity index (χ1v) is 11.7. The Morgan fingerprint density at radius 1 is 1.22 bits per heavy atom. The van der Waals surface area contributed by atoms with Gasteiger partial charge in [0.25, 0.3) is 0 Å². The Labute approximate surface area is 193 Å². The normalized spacial score (nSPS) is 26.0. The summed E-state index contributed by atoms with van der Waals surface area (Å²) < 4.78 is 6.11. The SMILES string of the molecule is C[C@H](COc1ccc2c(c1)CCC(=O)N2C)N1CCC2(CC1Cl)C(=O)Nc1ccccc12. The monoisotopic (exact) mass is 453 g/mol. The van der Waals surface area contributed by atoms with Crippen LogP contribution in [-0.2, 0) is 21.4 Å². The molecule has 32 heavy (non-hydrogen) atoms. The summed E-state index contributed by atoms with van der Waals surface area (Å²) in [6.45, 7) is 3.35. The van der Waals surface area contributed by atoms with Crippen molar-refractivity contribution < 1.29 is 14.3 Å². The molecule has 2 aromatic carbocycles. The van der Waals surface area contributed by atoms with E-state index in [2.05, 4.69) is 17.1 Å². The number of rotatable bonds is 4. The van der Waals surface area contributed by atoms with E-state index in [9.17, 15) is 9.59 Å². The summed E-state index contributed by atoms with van der Waals surface area (Å²) in [6, 6.07) is 14.0. The molecular weight excluding hydrogens is 426 g/mol. The molecule has 0 aliphatic carbocycles. The van der Waals surface area contributed by atoms with Crippen LogP contribution in [0.5, 0.6) is 5.75 Å². The fourth-order valence-electron chi connectivity index (χ4n) is 5.32. The van der Waals surface area contributed by atoms with Gasteiger partial charge in [-0.2, -0.15) is 0 Å². The van der Waals surface area contributed by atoms with Gasteiger partial charge in [-0.25, -0.2) is 0 Å². The Balaban J connectivity index is 1.24. The van der Waals surface area contributed by atoms with E-state index in [-0.39, 0.29) is 23.4 Å². The molecule has 1 N–H and O–H groups in total. The van der Waals surface area contributed by atoms with Crippen molar-refractivity contribution >= 4 is 34.8 Å². The molecule has 3 atom stereocenters. The molecule has 1 saturated heterocycles. The van der Waals surface area contributed by atoms with Crippen molar-refractivity contribution in [3.05, 3.63) is 53.6 Å². The van der Waals surface area contributed by atoms with Gasteiger partial charge in [-0.1, -0.05) is 18.2 Å². The predicted molar refractivity (Wildman–Crippen MR) is 125 cm³/mol. The molecule has 6 nitrogen and oxygen atoms in total. The first kappa shape index (κ1) is 21.3. The number of nitrogens with one attached hydrogen (secondary N) is 1. The Kier molecular flexibility index (Phi) is 5.38. The van der Waals surface area contributed by atoms with E-state index >= 15 is 0 Å². The lowest BCUT2D eigenvalue weighted by Gasteiger charge is -2.43. The maximum absolute atomic E-state index is 12.9. The van der Waals surface area contributed by atoms with Crippen LogP contribution in [0.2, 0.25) is 0 Å². The first-order chi connectivity index (χ1) is 15.4. The van der Waals surface area contributed by atoms with Crippen LogP contribution in [0.1, 0.15) is 37.3 Å². The minimum absolute atomic E-state index is 0.0606. The quantitative estimate of drug-likeness (QED) is 0.563. The van der Waals surface area contributed by atoms with Crippen LogP contribution in [-0.4, -0.2) is 48.5 Å². The summed E-state index contributed by atoms with van der Waals surface area (Å²) in [6.07, 6.45) is 2.60. The Bertz CT molecular complexity index is 1070. The predicted octanol–water partition coefficient (Wildman–Crippen LogP) is 3.91. The van der Waals surface area contributed by atoms with Crippen molar-refractivity contribution in [3.8, 4) is 5.75 Å². The number of aryl methyl sites for hydroxylation is 1. The largest absolute Gasteiger partial charge is 0.492 e. The molecule has 5 rings (SSSR count). The van der Waals surface area contributed by atoms with Crippen molar-refractivity contribution in [2.24, 2.45) is 0 Å². The van der Waals surface area contributed by atoms with Gasteiger partial charge < -0.3 is 15.0 Å². The zero-order valence-corrected chi connectivity index (χ0v) is 19.2. The highest BCUT2D eigenvalue weighted by Crippen LogP contribution is 2.47. The molecule has 2 amide bonds. The third-order valence-electron chi connectivity index (χ3n) is 7.25. The lowest BCUT2D eigenvalue weighted by atomic mass is 9.73. The van der Waals surface area contributed by atoms with Gasteiger partial charge in [0.05, 0.1) is 10.9 Å². The van der Waals surface area contributed by atoms with E-state index in [0.717, 1.165) is 47.6 Å². The molecule has 168 valence electrons. The van der Waals surface area contributed by atoms with Gasteiger partial charge in [-0.15, -0.1) is 11.6 Å². The number of benzene rings is 2. The number of carbonyl (C=O) groups excluding carboxylic acids is 2. The maximum atomic E-state index is 12.9. The summed E-state index contributed by atoms with van der Waals surface area (Å²) in [5.74, 6) is 1.02. The molecule has 1 spiro atoms. The lowest BCUT2D eigenvalue weighted by Crippen LogP contribution is -2.53. The number of hydrogen-bond acceptors (Lipinski definition) is 4. The summed E-state index contributed by atoms with van der Waals surface area (Å²) in [7, 11) is 1.82. The van der Waals surface area contributed by atoms with Gasteiger partial charge in [0, 0.05) is 37.4 Å². The van der Waals surface area contributed by atoms with Crippen LogP contribution in [0.25, 0.3) is 0 Å². The van der Waals surface area contributed by atoms with Crippen molar-refractivity contribution in [2.45, 2.75) is 49.6 Å². The minimum atomic E-state index is -0.540. The molecule has 3 heterocycles. The number of nitrogens with zero attached hydrogens (tertiary/aromatic N) is 2. The minimum Gasteiger partial charge on any atom is -0.492 e. The molecule has 2 aromatic rings. The molecule has 0 aromatic heterocycles.